The number of sulfonamides is 1. The van der Waals surface area contributed by atoms with Crippen LogP contribution in [0.3, 0.4) is 0 Å². The molecule has 3 aromatic rings. The number of fused-ring (bicyclic) bond motifs is 1. The van der Waals surface area contributed by atoms with Crippen molar-refractivity contribution in [2.75, 3.05) is 23.3 Å². The molecule has 0 saturated heterocycles. The quantitative estimate of drug-likeness (QED) is 0.679. The molecular formula is C22H20N2O5S. The first-order valence-electron chi connectivity index (χ1n) is 9.27. The predicted molar refractivity (Wildman–Crippen MR) is 113 cm³/mol. The Kier molecular flexibility index (Phi) is 5.33. The third-order valence-corrected chi connectivity index (χ3v) is 6.51. The van der Waals surface area contributed by atoms with Crippen LogP contribution in [0, 0.1) is 0 Å². The van der Waals surface area contributed by atoms with Gasteiger partial charge >= 0.3 is 0 Å². The molecule has 0 radical (unpaired) electrons. The minimum atomic E-state index is -3.92. The maximum absolute atomic E-state index is 13.4. The highest BCUT2D eigenvalue weighted by Crippen LogP contribution is 2.37. The molecule has 8 heteroatoms. The van der Waals surface area contributed by atoms with Crippen molar-refractivity contribution in [2.45, 2.75) is 11.0 Å². The van der Waals surface area contributed by atoms with Gasteiger partial charge in [-0.1, -0.05) is 30.3 Å². The summed E-state index contributed by atoms with van der Waals surface area (Å²) in [5, 5.41) is 2.77. The number of nitrogens with one attached hydrogen (secondary N) is 1. The van der Waals surface area contributed by atoms with Crippen LogP contribution < -0.4 is 19.1 Å². The van der Waals surface area contributed by atoms with Gasteiger partial charge in [0.05, 0.1) is 24.2 Å². The van der Waals surface area contributed by atoms with Crippen LogP contribution in [-0.4, -0.2) is 34.1 Å². The van der Waals surface area contributed by atoms with Gasteiger partial charge in [-0.2, -0.15) is 0 Å². The zero-order valence-electron chi connectivity index (χ0n) is 16.2. The summed E-state index contributed by atoms with van der Waals surface area (Å²) in [7, 11) is -2.41. The van der Waals surface area contributed by atoms with E-state index in [1.165, 1.54) is 23.5 Å². The van der Waals surface area contributed by atoms with Gasteiger partial charge < -0.3 is 14.8 Å². The molecule has 154 valence electrons. The number of rotatable bonds is 5. The van der Waals surface area contributed by atoms with Crippen LogP contribution in [0.4, 0.5) is 11.4 Å². The monoisotopic (exact) mass is 424 g/mol. The Bertz CT molecular complexity index is 1150. The zero-order valence-corrected chi connectivity index (χ0v) is 17.0. The van der Waals surface area contributed by atoms with Crippen LogP contribution in [0.1, 0.15) is 0 Å². The molecule has 30 heavy (non-hydrogen) atoms. The van der Waals surface area contributed by atoms with E-state index in [1.807, 2.05) is 6.07 Å². The van der Waals surface area contributed by atoms with E-state index in [2.05, 4.69) is 5.32 Å². The van der Waals surface area contributed by atoms with Gasteiger partial charge in [-0.15, -0.1) is 0 Å². The van der Waals surface area contributed by atoms with Gasteiger partial charge in [0.2, 0.25) is 0 Å². The molecule has 0 bridgehead atoms. The summed E-state index contributed by atoms with van der Waals surface area (Å²) < 4.78 is 38.9. The van der Waals surface area contributed by atoms with Crippen molar-refractivity contribution in [3.05, 3.63) is 78.9 Å². The topological polar surface area (TPSA) is 84.9 Å². The summed E-state index contributed by atoms with van der Waals surface area (Å²) >= 11 is 0. The number of amides is 1. The van der Waals surface area contributed by atoms with Crippen molar-refractivity contribution in [2.24, 2.45) is 0 Å². The SMILES string of the molecule is COc1ccc(S(=O)(=O)N2C[C@H](C(=O)Nc3ccccc3)Oc3ccccc32)cc1. The summed E-state index contributed by atoms with van der Waals surface area (Å²) in [5.74, 6) is 0.455. The lowest BCUT2D eigenvalue weighted by Crippen LogP contribution is -2.48. The molecule has 1 aliphatic heterocycles. The standard InChI is InChI=1S/C22H20N2O5S/c1-28-17-11-13-18(14-12-17)30(26,27)24-15-21(29-20-10-6-5-9-19(20)24)22(25)23-16-7-3-2-4-8-16/h2-14,21H,15H2,1H3,(H,23,25)/t21-/m1/s1. The van der Waals surface area contributed by atoms with Gasteiger partial charge in [0.25, 0.3) is 15.9 Å². The molecule has 1 atom stereocenters. The van der Waals surface area contributed by atoms with E-state index >= 15 is 0 Å². The van der Waals surface area contributed by atoms with Gasteiger partial charge in [0, 0.05) is 5.69 Å². The maximum atomic E-state index is 13.4. The van der Waals surface area contributed by atoms with Crippen LogP contribution in [0.25, 0.3) is 0 Å². The Labute approximate surface area is 174 Å². The molecule has 7 nitrogen and oxygen atoms in total. The number of carbonyl (C=O) groups excluding carboxylic acids is 1. The third kappa shape index (κ3) is 3.81. The number of carbonyl (C=O) groups is 1. The van der Waals surface area contributed by atoms with Gasteiger partial charge in [0.15, 0.2) is 6.10 Å². The lowest BCUT2D eigenvalue weighted by molar-refractivity contribution is -0.122. The Hall–Kier alpha value is -3.52. The fourth-order valence-electron chi connectivity index (χ4n) is 3.19. The number of hydrogen-bond acceptors (Lipinski definition) is 5. The van der Waals surface area contributed by atoms with E-state index in [9.17, 15) is 13.2 Å². The van der Waals surface area contributed by atoms with Gasteiger partial charge in [-0.25, -0.2) is 8.42 Å². The average molecular weight is 424 g/mol. The van der Waals surface area contributed by atoms with Gasteiger partial charge in [-0.3, -0.25) is 9.10 Å². The number of methoxy groups -OCH3 is 1. The molecule has 1 heterocycles. The molecule has 4 rings (SSSR count). The van der Waals surface area contributed by atoms with Crippen molar-refractivity contribution in [3.63, 3.8) is 0 Å². The molecule has 0 spiro atoms. The first-order valence-corrected chi connectivity index (χ1v) is 10.7. The maximum Gasteiger partial charge on any atom is 0.267 e. The fourth-order valence-corrected chi connectivity index (χ4v) is 4.66. The second-order valence-corrected chi connectivity index (χ2v) is 8.50. The first kappa shape index (κ1) is 19.8. The molecule has 1 amide bonds. The fraction of sp³-hybridized carbons (Fsp3) is 0.136. The minimum absolute atomic E-state index is 0.0993. The Morgan fingerprint density at radius 2 is 1.67 bits per heavy atom. The number of nitrogens with zero attached hydrogens (tertiary/aromatic N) is 1. The van der Waals surface area contributed by atoms with Gasteiger partial charge in [-0.05, 0) is 48.5 Å². The largest absolute Gasteiger partial charge is 0.497 e. The highest BCUT2D eigenvalue weighted by atomic mass is 32.2. The number of ether oxygens (including phenoxy) is 2. The summed E-state index contributed by atoms with van der Waals surface area (Å²) in [4.78, 5) is 12.9. The van der Waals surface area contributed by atoms with E-state index in [0.29, 0.717) is 22.9 Å². The second-order valence-electron chi connectivity index (χ2n) is 6.64. The van der Waals surface area contributed by atoms with Crippen LogP contribution in [0.2, 0.25) is 0 Å². The molecule has 0 unspecified atom stereocenters. The Morgan fingerprint density at radius 1 is 1.00 bits per heavy atom. The zero-order chi connectivity index (χ0) is 21.1. The first-order chi connectivity index (χ1) is 14.5. The summed E-state index contributed by atoms with van der Waals surface area (Å²) in [6.45, 7) is -0.149. The van der Waals surface area contributed by atoms with Crippen molar-refractivity contribution in [1.82, 2.24) is 0 Å². The predicted octanol–water partition coefficient (Wildman–Crippen LogP) is 3.29. The summed E-state index contributed by atoms with van der Waals surface area (Å²) in [5.41, 5.74) is 0.992. The molecule has 0 saturated carbocycles. The summed E-state index contributed by atoms with van der Waals surface area (Å²) in [6, 6.07) is 21.8. The molecule has 0 aromatic heterocycles. The second kappa shape index (κ2) is 8.08. The lowest BCUT2D eigenvalue weighted by Gasteiger charge is -2.34. The van der Waals surface area contributed by atoms with Crippen molar-refractivity contribution in [1.29, 1.82) is 0 Å². The molecule has 1 aliphatic rings. The minimum Gasteiger partial charge on any atom is -0.497 e. The Morgan fingerprint density at radius 3 is 2.37 bits per heavy atom. The normalized spacial score (nSPS) is 15.6. The van der Waals surface area contributed by atoms with Gasteiger partial charge in [0.1, 0.15) is 11.5 Å². The molecular weight excluding hydrogens is 404 g/mol. The average Bonchev–Trinajstić information content (AvgIpc) is 2.79. The summed E-state index contributed by atoms with van der Waals surface area (Å²) in [6.07, 6.45) is -1.01. The number of para-hydroxylation sites is 3. The van der Waals surface area contributed by atoms with E-state index in [-0.39, 0.29) is 11.4 Å². The molecule has 3 aromatic carbocycles. The molecule has 0 fully saturated rings. The van der Waals surface area contributed by atoms with Crippen LogP contribution in [-0.2, 0) is 14.8 Å². The lowest BCUT2D eigenvalue weighted by atomic mass is 10.2. The van der Waals surface area contributed by atoms with Crippen molar-refractivity contribution >= 4 is 27.3 Å². The number of anilines is 2. The molecule has 0 aliphatic carbocycles. The Balaban J connectivity index is 1.66. The van der Waals surface area contributed by atoms with E-state index < -0.39 is 22.0 Å². The van der Waals surface area contributed by atoms with Crippen LogP contribution in [0.5, 0.6) is 11.5 Å². The van der Waals surface area contributed by atoms with Crippen LogP contribution >= 0.6 is 0 Å². The van der Waals surface area contributed by atoms with Crippen molar-refractivity contribution < 1.29 is 22.7 Å². The highest BCUT2D eigenvalue weighted by Gasteiger charge is 2.37. The number of hydrogen-bond donors (Lipinski definition) is 1. The number of benzene rings is 3. The smallest absolute Gasteiger partial charge is 0.267 e. The van der Waals surface area contributed by atoms with E-state index in [4.69, 9.17) is 9.47 Å². The third-order valence-electron chi connectivity index (χ3n) is 4.72. The molecule has 1 N–H and O–H groups in total. The van der Waals surface area contributed by atoms with E-state index in [1.54, 1.807) is 60.7 Å². The van der Waals surface area contributed by atoms with E-state index in [0.717, 1.165) is 0 Å². The highest BCUT2D eigenvalue weighted by molar-refractivity contribution is 7.92. The van der Waals surface area contributed by atoms with Crippen molar-refractivity contribution in [3.8, 4) is 11.5 Å². The van der Waals surface area contributed by atoms with Crippen LogP contribution in [0.15, 0.2) is 83.8 Å².